The Morgan fingerprint density at radius 1 is 1.33 bits per heavy atom. The summed E-state index contributed by atoms with van der Waals surface area (Å²) in [4.78, 5) is 2.39. The summed E-state index contributed by atoms with van der Waals surface area (Å²) in [6, 6.07) is 0. The average molecular weight is 209 g/mol. The van der Waals surface area contributed by atoms with E-state index in [-0.39, 0.29) is 5.54 Å². The van der Waals surface area contributed by atoms with Gasteiger partial charge in [0.05, 0.1) is 0 Å². The molecule has 88 valence electrons. The van der Waals surface area contributed by atoms with Crippen molar-refractivity contribution in [1.29, 1.82) is 0 Å². The highest BCUT2D eigenvalue weighted by atomic mass is 15.2. The van der Waals surface area contributed by atoms with Gasteiger partial charge in [0.2, 0.25) is 0 Å². The first-order valence-corrected chi connectivity index (χ1v) is 5.88. The quantitative estimate of drug-likeness (QED) is 0.621. The molecule has 0 amide bonds. The molecule has 0 atom stereocenters. The molecule has 0 rings (SSSR count). The summed E-state index contributed by atoms with van der Waals surface area (Å²) >= 11 is 0. The monoisotopic (exact) mass is 209 g/mol. The van der Waals surface area contributed by atoms with Crippen molar-refractivity contribution in [3.05, 3.63) is 17.4 Å². The molecule has 0 fully saturated rings. The molecule has 15 heavy (non-hydrogen) atoms. The average Bonchev–Trinajstić information content (AvgIpc) is 2.11. The highest BCUT2D eigenvalue weighted by Crippen LogP contribution is 2.15. The van der Waals surface area contributed by atoms with Gasteiger partial charge in [-0.15, -0.1) is 5.73 Å². The highest BCUT2D eigenvalue weighted by molar-refractivity contribution is 5.05. The Hall–Kier alpha value is -0.520. The van der Waals surface area contributed by atoms with Gasteiger partial charge in [-0.05, 0) is 65.3 Å². The first kappa shape index (κ1) is 14.5. The van der Waals surface area contributed by atoms with Crippen molar-refractivity contribution in [2.24, 2.45) is 5.92 Å². The molecular weight excluding hydrogens is 182 g/mol. The lowest BCUT2D eigenvalue weighted by atomic mass is 10.0. The molecule has 0 bridgehead atoms. The number of rotatable bonds is 5. The van der Waals surface area contributed by atoms with Gasteiger partial charge in [0.1, 0.15) is 0 Å². The van der Waals surface area contributed by atoms with Crippen LogP contribution in [0.2, 0.25) is 0 Å². The van der Waals surface area contributed by atoms with Crippen molar-refractivity contribution in [2.75, 3.05) is 13.6 Å². The largest absolute Gasteiger partial charge is 0.297 e. The third kappa shape index (κ3) is 6.54. The molecule has 0 aromatic carbocycles. The molecule has 0 aliphatic rings. The van der Waals surface area contributed by atoms with Gasteiger partial charge in [0.25, 0.3) is 0 Å². The van der Waals surface area contributed by atoms with E-state index < -0.39 is 0 Å². The van der Waals surface area contributed by atoms with Crippen LogP contribution in [0.15, 0.2) is 17.4 Å². The summed E-state index contributed by atoms with van der Waals surface area (Å²) in [6.07, 6.45) is 3.42. The molecular formula is C14H27N. The fraction of sp³-hybridized carbons (Fsp3) is 0.786. The van der Waals surface area contributed by atoms with Crippen molar-refractivity contribution >= 4 is 0 Å². The Labute approximate surface area is 95.9 Å². The third-order valence-electron chi connectivity index (χ3n) is 2.74. The second-order valence-corrected chi connectivity index (χ2v) is 5.55. The molecule has 1 nitrogen and oxygen atoms in total. The van der Waals surface area contributed by atoms with E-state index in [0.29, 0.717) is 0 Å². The van der Waals surface area contributed by atoms with E-state index in [1.807, 2.05) is 0 Å². The minimum absolute atomic E-state index is 0.103. The van der Waals surface area contributed by atoms with E-state index in [2.05, 4.69) is 65.3 Å². The van der Waals surface area contributed by atoms with E-state index in [1.165, 1.54) is 12.0 Å². The molecule has 0 saturated heterocycles. The summed E-state index contributed by atoms with van der Waals surface area (Å²) in [6.45, 7) is 14.3. The maximum Gasteiger partial charge on any atom is 0.0405 e. The van der Waals surface area contributed by atoms with Gasteiger partial charge < -0.3 is 0 Å². The Morgan fingerprint density at radius 2 is 1.87 bits per heavy atom. The Kier molecular flexibility index (Phi) is 5.93. The van der Waals surface area contributed by atoms with Crippen LogP contribution in [0.25, 0.3) is 0 Å². The summed E-state index contributed by atoms with van der Waals surface area (Å²) in [7, 11) is 2.19. The smallest absolute Gasteiger partial charge is 0.0405 e. The molecule has 0 saturated carbocycles. The summed E-state index contributed by atoms with van der Waals surface area (Å²) < 4.78 is 0. The maximum absolute atomic E-state index is 3.30. The minimum Gasteiger partial charge on any atom is -0.297 e. The molecule has 0 aliphatic heterocycles. The van der Waals surface area contributed by atoms with E-state index >= 15 is 0 Å². The topological polar surface area (TPSA) is 3.24 Å². The maximum atomic E-state index is 3.30. The molecule has 0 spiro atoms. The van der Waals surface area contributed by atoms with Crippen LogP contribution >= 0.6 is 0 Å². The zero-order chi connectivity index (χ0) is 12.1. The highest BCUT2D eigenvalue weighted by Gasteiger charge is 2.19. The zero-order valence-corrected chi connectivity index (χ0v) is 11.5. The summed E-state index contributed by atoms with van der Waals surface area (Å²) in [5, 5.41) is 0. The van der Waals surface area contributed by atoms with Gasteiger partial charge in [-0.1, -0.05) is 13.8 Å². The van der Waals surface area contributed by atoms with Crippen LogP contribution in [0.4, 0.5) is 0 Å². The van der Waals surface area contributed by atoms with Crippen LogP contribution in [0, 0.1) is 5.92 Å². The lowest BCUT2D eigenvalue weighted by Crippen LogP contribution is -2.40. The number of likely N-dealkylation sites (N-methyl/N-ethyl adjacent to an activating group) is 1. The second kappa shape index (κ2) is 6.15. The van der Waals surface area contributed by atoms with Crippen LogP contribution in [0.1, 0.15) is 48.0 Å². The normalized spacial score (nSPS) is 11.8. The second-order valence-electron chi connectivity index (χ2n) is 5.55. The molecule has 0 unspecified atom stereocenters. The van der Waals surface area contributed by atoms with Gasteiger partial charge in [-0.25, -0.2) is 0 Å². The van der Waals surface area contributed by atoms with Crippen molar-refractivity contribution in [2.45, 2.75) is 53.5 Å². The van der Waals surface area contributed by atoms with Gasteiger partial charge in [-0.2, -0.15) is 0 Å². The molecule has 0 radical (unpaired) electrons. The minimum atomic E-state index is 0.103. The third-order valence-corrected chi connectivity index (χ3v) is 2.74. The van der Waals surface area contributed by atoms with Crippen molar-refractivity contribution in [1.82, 2.24) is 4.90 Å². The van der Waals surface area contributed by atoms with E-state index in [9.17, 15) is 0 Å². The van der Waals surface area contributed by atoms with Gasteiger partial charge in [0.15, 0.2) is 0 Å². The zero-order valence-electron chi connectivity index (χ0n) is 11.5. The van der Waals surface area contributed by atoms with Crippen molar-refractivity contribution < 1.29 is 0 Å². The fourth-order valence-electron chi connectivity index (χ4n) is 1.17. The number of hydrogen-bond acceptors (Lipinski definition) is 1. The lowest BCUT2D eigenvalue weighted by Gasteiger charge is -2.32. The predicted octanol–water partition coefficient (Wildman–Crippen LogP) is 3.86. The Bertz CT molecular complexity index is 238. The molecule has 0 aliphatic carbocycles. The molecule has 0 heterocycles. The van der Waals surface area contributed by atoms with Crippen LogP contribution in [-0.2, 0) is 0 Å². The molecule has 1 heteroatoms. The van der Waals surface area contributed by atoms with Crippen molar-refractivity contribution in [3.63, 3.8) is 0 Å². The molecule has 0 aromatic rings. The molecule has 0 N–H and O–H groups in total. The summed E-state index contributed by atoms with van der Waals surface area (Å²) in [5.41, 5.74) is 4.64. The SMILES string of the molecule is CC(C)=C=CC(C)(C)N(C)CCC(C)C. The van der Waals surface area contributed by atoms with Gasteiger partial charge in [-0.3, -0.25) is 4.90 Å². The van der Waals surface area contributed by atoms with Crippen molar-refractivity contribution in [3.8, 4) is 0 Å². The number of nitrogens with zero attached hydrogens (tertiary/aromatic N) is 1. The van der Waals surface area contributed by atoms with Gasteiger partial charge in [0, 0.05) is 5.54 Å². The van der Waals surface area contributed by atoms with Gasteiger partial charge >= 0.3 is 0 Å². The predicted molar refractivity (Wildman–Crippen MR) is 69.1 cm³/mol. The fourth-order valence-corrected chi connectivity index (χ4v) is 1.17. The standard InChI is InChI=1S/C14H27N/c1-12(2)8-10-14(5,6)15(7)11-9-13(3)4/h10,13H,9,11H2,1-7H3. The first-order chi connectivity index (χ1) is 6.75. The van der Waals surface area contributed by atoms with E-state index in [1.54, 1.807) is 0 Å². The first-order valence-electron chi connectivity index (χ1n) is 5.88. The summed E-state index contributed by atoms with van der Waals surface area (Å²) in [5.74, 6) is 0.774. The van der Waals surface area contributed by atoms with Crippen LogP contribution in [0.5, 0.6) is 0 Å². The van der Waals surface area contributed by atoms with E-state index in [0.717, 1.165) is 12.5 Å². The van der Waals surface area contributed by atoms with Crippen LogP contribution in [-0.4, -0.2) is 24.0 Å². The number of hydrogen-bond donors (Lipinski definition) is 0. The molecule has 0 aromatic heterocycles. The Morgan fingerprint density at radius 3 is 2.27 bits per heavy atom. The van der Waals surface area contributed by atoms with E-state index in [4.69, 9.17) is 0 Å². The lowest BCUT2D eigenvalue weighted by molar-refractivity contribution is 0.194. The Balaban J connectivity index is 4.39. The van der Waals surface area contributed by atoms with Crippen LogP contribution in [0.3, 0.4) is 0 Å². The van der Waals surface area contributed by atoms with Crippen LogP contribution < -0.4 is 0 Å².